The molecule has 0 fully saturated rings. The second kappa shape index (κ2) is 7.45. The first-order valence-corrected chi connectivity index (χ1v) is 8.65. The van der Waals surface area contributed by atoms with Crippen LogP contribution in [-0.2, 0) is 0 Å². The van der Waals surface area contributed by atoms with E-state index in [1.165, 1.54) is 21.9 Å². The molecule has 3 aromatic carbocycles. The Bertz CT molecular complexity index is 829. The van der Waals surface area contributed by atoms with Crippen LogP contribution in [0.25, 0.3) is 10.8 Å². The molecule has 0 saturated carbocycles. The van der Waals surface area contributed by atoms with E-state index in [-0.39, 0.29) is 12.1 Å². The summed E-state index contributed by atoms with van der Waals surface area (Å²) in [6.45, 7) is 4.25. The van der Waals surface area contributed by atoms with Gasteiger partial charge < -0.3 is 10.6 Å². The van der Waals surface area contributed by atoms with Crippen molar-refractivity contribution >= 4 is 28.1 Å². The van der Waals surface area contributed by atoms with Crippen LogP contribution in [0.2, 0.25) is 0 Å². The van der Waals surface area contributed by atoms with Crippen molar-refractivity contribution in [2.24, 2.45) is 0 Å². The van der Waals surface area contributed by atoms with Gasteiger partial charge in [0.1, 0.15) is 0 Å². The van der Waals surface area contributed by atoms with Gasteiger partial charge in [-0.25, -0.2) is 0 Å². The number of thiocarbonyl (C=S) groups is 1. The second-order valence-electron chi connectivity index (χ2n) is 6.08. The average Bonchev–Trinajstić information content (AvgIpc) is 2.61. The first-order valence-electron chi connectivity index (χ1n) is 8.24. The number of hydrogen-bond donors (Lipinski definition) is 2. The maximum atomic E-state index is 5.48. The molecule has 0 amide bonds. The van der Waals surface area contributed by atoms with Crippen LogP contribution in [0, 0.1) is 0 Å². The average molecular weight is 334 g/mol. The normalized spacial score (nSPS) is 13.2. The molecular weight excluding hydrogens is 312 g/mol. The van der Waals surface area contributed by atoms with Gasteiger partial charge in [0.2, 0.25) is 0 Å². The van der Waals surface area contributed by atoms with Crippen LogP contribution in [0.3, 0.4) is 0 Å². The number of nitrogens with one attached hydrogen (secondary N) is 2. The van der Waals surface area contributed by atoms with Gasteiger partial charge in [0.05, 0.1) is 12.1 Å². The number of benzene rings is 3. The predicted molar refractivity (Wildman–Crippen MR) is 106 cm³/mol. The summed E-state index contributed by atoms with van der Waals surface area (Å²) < 4.78 is 0. The van der Waals surface area contributed by atoms with E-state index in [0.717, 1.165) is 0 Å². The van der Waals surface area contributed by atoms with Gasteiger partial charge in [0.15, 0.2) is 5.11 Å². The van der Waals surface area contributed by atoms with Crippen LogP contribution in [0.1, 0.15) is 37.1 Å². The van der Waals surface area contributed by atoms with Crippen molar-refractivity contribution in [3.63, 3.8) is 0 Å². The van der Waals surface area contributed by atoms with E-state index in [4.69, 9.17) is 12.2 Å². The number of rotatable bonds is 4. The van der Waals surface area contributed by atoms with Gasteiger partial charge >= 0.3 is 0 Å². The summed E-state index contributed by atoms with van der Waals surface area (Å²) >= 11 is 5.48. The minimum absolute atomic E-state index is 0.151. The summed E-state index contributed by atoms with van der Waals surface area (Å²) in [7, 11) is 0. The molecule has 0 aliphatic carbocycles. The SMILES string of the molecule is C[C@H](NC(=S)N[C@H](C)c1ccccc1)c1ccc2ccccc2c1. The first kappa shape index (κ1) is 16.5. The van der Waals surface area contributed by atoms with Gasteiger partial charge in [0.25, 0.3) is 0 Å². The lowest BCUT2D eigenvalue weighted by Gasteiger charge is -2.21. The zero-order valence-corrected chi connectivity index (χ0v) is 14.8. The Kier molecular flexibility index (Phi) is 5.11. The Morgan fingerprint density at radius 3 is 2.00 bits per heavy atom. The molecule has 122 valence electrons. The van der Waals surface area contributed by atoms with E-state index in [0.29, 0.717) is 5.11 Å². The topological polar surface area (TPSA) is 24.1 Å². The highest BCUT2D eigenvalue weighted by Gasteiger charge is 2.10. The van der Waals surface area contributed by atoms with E-state index < -0.39 is 0 Å². The minimum Gasteiger partial charge on any atom is -0.356 e. The smallest absolute Gasteiger partial charge is 0.167 e. The Labute approximate surface area is 148 Å². The van der Waals surface area contributed by atoms with Crippen molar-refractivity contribution in [3.05, 3.63) is 83.9 Å². The Balaban J connectivity index is 1.64. The molecule has 0 aromatic heterocycles. The fraction of sp³-hybridized carbons (Fsp3) is 0.190. The molecule has 0 unspecified atom stereocenters. The molecular formula is C21H22N2S. The summed E-state index contributed by atoms with van der Waals surface area (Å²) in [5.74, 6) is 0. The molecule has 3 rings (SSSR count). The quantitative estimate of drug-likeness (QED) is 0.647. The molecule has 3 aromatic rings. The lowest BCUT2D eigenvalue weighted by atomic mass is 10.0. The van der Waals surface area contributed by atoms with E-state index >= 15 is 0 Å². The van der Waals surface area contributed by atoms with Crippen LogP contribution in [0.4, 0.5) is 0 Å². The Hall–Kier alpha value is -2.39. The van der Waals surface area contributed by atoms with Gasteiger partial charge in [-0.15, -0.1) is 0 Å². The molecule has 24 heavy (non-hydrogen) atoms. The third-order valence-corrected chi connectivity index (χ3v) is 4.50. The molecule has 2 atom stereocenters. The molecule has 0 radical (unpaired) electrons. The number of fused-ring (bicyclic) bond motifs is 1. The molecule has 3 heteroatoms. The van der Waals surface area contributed by atoms with Crippen molar-refractivity contribution in [1.82, 2.24) is 10.6 Å². The molecule has 0 spiro atoms. The van der Waals surface area contributed by atoms with Crippen molar-refractivity contribution in [1.29, 1.82) is 0 Å². The van der Waals surface area contributed by atoms with Gasteiger partial charge in [-0.2, -0.15) is 0 Å². The van der Waals surface area contributed by atoms with E-state index in [1.54, 1.807) is 0 Å². The van der Waals surface area contributed by atoms with E-state index in [9.17, 15) is 0 Å². The molecule has 0 heterocycles. The third kappa shape index (κ3) is 3.92. The van der Waals surface area contributed by atoms with Crippen LogP contribution in [0.5, 0.6) is 0 Å². The van der Waals surface area contributed by atoms with Gasteiger partial charge in [-0.3, -0.25) is 0 Å². The molecule has 0 saturated heterocycles. The summed E-state index contributed by atoms with van der Waals surface area (Å²) in [4.78, 5) is 0. The van der Waals surface area contributed by atoms with E-state index in [2.05, 4.69) is 79.1 Å². The van der Waals surface area contributed by atoms with Crippen molar-refractivity contribution < 1.29 is 0 Å². The first-order chi connectivity index (χ1) is 11.6. The summed E-state index contributed by atoms with van der Waals surface area (Å²) in [6, 6.07) is 25.6. The number of hydrogen-bond acceptors (Lipinski definition) is 1. The summed E-state index contributed by atoms with van der Waals surface area (Å²) in [5, 5.41) is 9.92. The Morgan fingerprint density at radius 2 is 1.29 bits per heavy atom. The van der Waals surface area contributed by atoms with Crippen molar-refractivity contribution in [2.75, 3.05) is 0 Å². The van der Waals surface area contributed by atoms with Crippen molar-refractivity contribution in [2.45, 2.75) is 25.9 Å². The highest BCUT2D eigenvalue weighted by Crippen LogP contribution is 2.20. The lowest BCUT2D eigenvalue weighted by molar-refractivity contribution is 0.656. The largest absolute Gasteiger partial charge is 0.356 e. The fourth-order valence-corrected chi connectivity index (χ4v) is 3.17. The Morgan fingerprint density at radius 1 is 0.708 bits per heavy atom. The highest BCUT2D eigenvalue weighted by molar-refractivity contribution is 7.80. The van der Waals surface area contributed by atoms with E-state index in [1.807, 2.05) is 18.2 Å². The van der Waals surface area contributed by atoms with Gasteiger partial charge in [0, 0.05) is 0 Å². The molecule has 0 bridgehead atoms. The van der Waals surface area contributed by atoms with Crippen LogP contribution in [-0.4, -0.2) is 5.11 Å². The van der Waals surface area contributed by atoms with Crippen molar-refractivity contribution in [3.8, 4) is 0 Å². The maximum absolute atomic E-state index is 5.48. The third-order valence-electron chi connectivity index (χ3n) is 4.27. The van der Waals surface area contributed by atoms with Crippen LogP contribution in [0.15, 0.2) is 72.8 Å². The molecule has 2 N–H and O–H groups in total. The minimum atomic E-state index is 0.151. The molecule has 2 nitrogen and oxygen atoms in total. The maximum Gasteiger partial charge on any atom is 0.167 e. The second-order valence-corrected chi connectivity index (χ2v) is 6.49. The molecule has 0 aliphatic rings. The zero-order valence-electron chi connectivity index (χ0n) is 14.0. The fourth-order valence-electron chi connectivity index (χ4n) is 2.82. The zero-order chi connectivity index (χ0) is 16.9. The summed E-state index contributed by atoms with van der Waals surface area (Å²) in [6.07, 6.45) is 0. The van der Waals surface area contributed by atoms with Gasteiger partial charge in [-0.05, 0) is 54.0 Å². The molecule has 0 aliphatic heterocycles. The lowest BCUT2D eigenvalue weighted by Crippen LogP contribution is -2.38. The standard InChI is InChI=1S/C21H22N2S/c1-15(17-8-4-3-5-9-17)22-21(24)23-16(2)19-13-12-18-10-6-7-11-20(18)14-19/h3-16H,1-2H3,(H2,22,23,24)/t15-,16+/m1/s1. The summed E-state index contributed by atoms with van der Waals surface area (Å²) in [5.41, 5.74) is 2.45. The van der Waals surface area contributed by atoms with Crippen LogP contribution < -0.4 is 10.6 Å². The van der Waals surface area contributed by atoms with Gasteiger partial charge in [-0.1, -0.05) is 66.7 Å². The highest BCUT2D eigenvalue weighted by atomic mass is 32.1. The monoisotopic (exact) mass is 334 g/mol. The predicted octanol–water partition coefficient (Wildman–Crippen LogP) is 5.13. The van der Waals surface area contributed by atoms with Crippen LogP contribution >= 0.6 is 12.2 Å².